The topological polar surface area (TPSA) is 41.9 Å². The van der Waals surface area contributed by atoms with Gasteiger partial charge in [-0.15, -0.1) is 0 Å². The van der Waals surface area contributed by atoms with E-state index in [1.54, 1.807) is 0 Å². The van der Waals surface area contributed by atoms with Gasteiger partial charge in [-0.25, -0.2) is 4.79 Å². The summed E-state index contributed by atoms with van der Waals surface area (Å²) in [5, 5.41) is 9.64. The third-order valence-electron chi connectivity index (χ3n) is 5.27. The van der Waals surface area contributed by atoms with Gasteiger partial charge < -0.3 is 4.74 Å². The van der Waals surface area contributed by atoms with Gasteiger partial charge in [0.25, 0.3) is 0 Å². The third-order valence-corrected chi connectivity index (χ3v) is 5.50. The number of rotatable bonds is 3. The molecule has 4 nitrogen and oxygen atoms in total. The number of anilines is 1. The van der Waals surface area contributed by atoms with E-state index >= 15 is 0 Å². The van der Waals surface area contributed by atoms with E-state index in [1.807, 2.05) is 42.3 Å². The first-order chi connectivity index (χ1) is 13.2. The minimum absolute atomic E-state index is 0.0797. The van der Waals surface area contributed by atoms with Gasteiger partial charge in [-0.1, -0.05) is 54.1 Å². The fraction of sp³-hybridized carbons (Fsp3) is 0.182. The van der Waals surface area contributed by atoms with Crippen LogP contribution < -0.4 is 5.01 Å². The van der Waals surface area contributed by atoms with Crippen molar-refractivity contribution >= 4 is 39.7 Å². The van der Waals surface area contributed by atoms with Crippen LogP contribution in [-0.2, 0) is 9.53 Å². The van der Waals surface area contributed by atoms with E-state index in [-0.39, 0.29) is 17.9 Å². The zero-order valence-electron chi connectivity index (χ0n) is 14.7. The maximum Gasteiger partial charge on any atom is 0.355 e. The van der Waals surface area contributed by atoms with Crippen LogP contribution in [0.15, 0.2) is 65.8 Å². The number of benzene rings is 3. The maximum absolute atomic E-state index is 12.7. The Bertz CT molecular complexity index is 1100. The first-order valence-electron chi connectivity index (χ1n) is 9.01. The summed E-state index contributed by atoms with van der Waals surface area (Å²) < 4.78 is 5.31. The van der Waals surface area contributed by atoms with E-state index < -0.39 is 0 Å². The van der Waals surface area contributed by atoms with Gasteiger partial charge >= 0.3 is 5.97 Å². The Labute approximate surface area is 162 Å². The molecule has 5 rings (SSSR count). The summed E-state index contributed by atoms with van der Waals surface area (Å²) in [6.07, 6.45) is 0. The number of hydrogen-bond acceptors (Lipinski definition) is 4. The highest BCUT2D eigenvalue weighted by Gasteiger charge is 2.48. The highest BCUT2D eigenvalue weighted by molar-refractivity contribution is 6.40. The highest BCUT2D eigenvalue weighted by atomic mass is 35.5. The molecule has 3 aromatic rings. The fourth-order valence-electron chi connectivity index (χ4n) is 4.28. The lowest BCUT2D eigenvalue weighted by Gasteiger charge is -2.24. The predicted octanol–water partition coefficient (Wildman–Crippen LogP) is 5.07. The molecule has 5 heteroatoms. The number of hydrogen-bond donors (Lipinski definition) is 0. The molecule has 0 aromatic heterocycles. The largest absolute Gasteiger partial charge is 0.461 e. The molecule has 0 unspecified atom stereocenters. The van der Waals surface area contributed by atoms with Crippen LogP contribution in [0.1, 0.15) is 30.0 Å². The minimum Gasteiger partial charge on any atom is -0.461 e. The smallest absolute Gasteiger partial charge is 0.355 e. The highest BCUT2D eigenvalue weighted by Crippen LogP contribution is 2.53. The molecule has 3 aromatic carbocycles. The Morgan fingerprint density at radius 2 is 1.85 bits per heavy atom. The molecule has 0 amide bonds. The number of esters is 1. The zero-order valence-corrected chi connectivity index (χ0v) is 15.5. The molecular formula is C22H17ClN2O2. The molecule has 0 bridgehead atoms. The SMILES string of the molecule is CCOC(=O)C1=NN(c2cccc(Cl)c2)[C@@H]2c3cccc4cccc(c34)[C@H]12. The molecule has 0 saturated carbocycles. The minimum atomic E-state index is -0.359. The van der Waals surface area contributed by atoms with Crippen molar-refractivity contribution in [3.05, 3.63) is 76.8 Å². The Hall–Kier alpha value is -2.85. The Morgan fingerprint density at radius 1 is 1.11 bits per heavy atom. The van der Waals surface area contributed by atoms with Crippen molar-refractivity contribution < 1.29 is 9.53 Å². The molecule has 27 heavy (non-hydrogen) atoms. The number of ether oxygens (including phenoxy) is 1. The standard InChI is InChI=1S/C22H17ClN2O2/c1-2-27-22(26)20-19-16-10-3-6-13-7-4-11-17(18(13)16)21(19)25(24-20)15-9-5-8-14(23)12-15/h3-12,19,21H,2H2,1H3/t19-,21-/m1/s1. The van der Waals surface area contributed by atoms with E-state index in [2.05, 4.69) is 30.3 Å². The lowest BCUT2D eigenvalue weighted by molar-refractivity contribution is -0.135. The van der Waals surface area contributed by atoms with Crippen LogP contribution in [-0.4, -0.2) is 18.3 Å². The van der Waals surface area contributed by atoms with Gasteiger partial charge in [0, 0.05) is 5.02 Å². The maximum atomic E-state index is 12.7. The van der Waals surface area contributed by atoms with E-state index in [4.69, 9.17) is 21.4 Å². The molecule has 134 valence electrons. The molecular weight excluding hydrogens is 360 g/mol. The average Bonchev–Trinajstić information content (AvgIpc) is 3.21. The van der Waals surface area contributed by atoms with Crippen molar-refractivity contribution in [2.45, 2.75) is 18.9 Å². The number of carbonyl (C=O) groups is 1. The van der Waals surface area contributed by atoms with Gasteiger partial charge in [0.15, 0.2) is 5.71 Å². The van der Waals surface area contributed by atoms with Crippen molar-refractivity contribution in [2.75, 3.05) is 11.6 Å². The quantitative estimate of drug-likeness (QED) is 0.599. The molecule has 0 radical (unpaired) electrons. The molecule has 2 atom stereocenters. The number of nitrogens with zero attached hydrogens (tertiary/aromatic N) is 2. The number of hydrazone groups is 1. The van der Waals surface area contributed by atoms with Crippen LogP contribution in [0, 0.1) is 0 Å². The summed E-state index contributed by atoms with van der Waals surface area (Å²) in [6, 6.07) is 20.0. The third kappa shape index (κ3) is 2.37. The molecule has 0 saturated heterocycles. The van der Waals surface area contributed by atoms with Gasteiger partial charge in [0.2, 0.25) is 0 Å². The van der Waals surface area contributed by atoms with Crippen LogP contribution in [0.4, 0.5) is 5.69 Å². The van der Waals surface area contributed by atoms with Crippen LogP contribution in [0.2, 0.25) is 5.02 Å². The predicted molar refractivity (Wildman–Crippen MR) is 107 cm³/mol. The first-order valence-corrected chi connectivity index (χ1v) is 9.39. The van der Waals surface area contributed by atoms with Crippen LogP contribution in [0.5, 0.6) is 0 Å². The molecule has 1 aliphatic carbocycles. The van der Waals surface area contributed by atoms with Crippen LogP contribution >= 0.6 is 11.6 Å². The van der Waals surface area contributed by atoms with Crippen LogP contribution in [0.25, 0.3) is 10.8 Å². The molecule has 0 spiro atoms. The average molecular weight is 377 g/mol. The summed E-state index contributed by atoms with van der Waals surface area (Å²) in [5.41, 5.74) is 3.62. The second kappa shape index (κ2) is 6.10. The fourth-order valence-corrected chi connectivity index (χ4v) is 4.46. The Kier molecular flexibility index (Phi) is 3.69. The van der Waals surface area contributed by atoms with Crippen molar-refractivity contribution in [1.82, 2.24) is 0 Å². The monoisotopic (exact) mass is 376 g/mol. The van der Waals surface area contributed by atoms with Crippen molar-refractivity contribution in [1.29, 1.82) is 0 Å². The molecule has 1 aliphatic heterocycles. The second-order valence-electron chi connectivity index (χ2n) is 6.75. The summed E-state index contributed by atoms with van der Waals surface area (Å²) >= 11 is 6.22. The second-order valence-corrected chi connectivity index (χ2v) is 7.18. The van der Waals surface area contributed by atoms with E-state index in [0.717, 1.165) is 11.3 Å². The van der Waals surface area contributed by atoms with Gasteiger partial charge in [-0.3, -0.25) is 5.01 Å². The van der Waals surface area contributed by atoms with Gasteiger partial charge in [-0.05, 0) is 47.0 Å². The number of halogens is 1. The molecule has 0 N–H and O–H groups in total. The van der Waals surface area contributed by atoms with Crippen LogP contribution in [0.3, 0.4) is 0 Å². The molecule has 1 heterocycles. The summed E-state index contributed by atoms with van der Waals surface area (Å²) in [4.78, 5) is 12.7. The lowest BCUT2D eigenvalue weighted by atomic mass is 9.92. The van der Waals surface area contributed by atoms with Crippen molar-refractivity contribution in [2.24, 2.45) is 5.10 Å². The van der Waals surface area contributed by atoms with Gasteiger partial charge in [-0.2, -0.15) is 5.10 Å². The Morgan fingerprint density at radius 3 is 2.59 bits per heavy atom. The molecule has 0 fully saturated rings. The van der Waals surface area contributed by atoms with Gasteiger partial charge in [0.05, 0.1) is 24.3 Å². The first kappa shape index (κ1) is 16.3. The van der Waals surface area contributed by atoms with Crippen molar-refractivity contribution in [3.63, 3.8) is 0 Å². The number of fused-ring (bicyclic) bond motifs is 3. The van der Waals surface area contributed by atoms with E-state index in [0.29, 0.717) is 17.3 Å². The summed E-state index contributed by atoms with van der Waals surface area (Å²) in [6.45, 7) is 2.13. The van der Waals surface area contributed by atoms with E-state index in [9.17, 15) is 4.79 Å². The summed E-state index contributed by atoms with van der Waals surface area (Å²) in [7, 11) is 0. The summed E-state index contributed by atoms with van der Waals surface area (Å²) in [5.74, 6) is -0.508. The van der Waals surface area contributed by atoms with E-state index in [1.165, 1.54) is 16.3 Å². The van der Waals surface area contributed by atoms with Crippen molar-refractivity contribution in [3.8, 4) is 0 Å². The Balaban J connectivity index is 1.73. The van der Waals surface area contributed by atoms with Gasteiger partial charge in [0.1, 0.15) is 0 Å². The normalized spacial score (nSPS) is 19.9. The number of carbonyl (C=O) groups excluding carboxylic acids is 1. The lowest BCUT2D eigenvalue weighted by Crippen LogP contribution is -2.24. The zero-order chi connectivity index (χ0) is 18.5. The molecule has 2 aliphatic rings.